The molecular formula is C15H25ClN2O3S. The van der Waals surface area contributed by atoms with Gasteiger partial charge in [0.15, 0.2) is 0 Å². The molecule has 0 fully saturated rings. The van der Waals surface area contributed by atoms with Crippen molar-refractivity contribution in [1.29, 1.82) is 0 Å². The van der Waals surface area contributed by atoms with Crippen molar-refractivity contribution in [2.24, 2.45) is 11.7 Å². The van der Waals surface area contributed by atoms with Crippen LogP contribution < -0.4 is 10.5 Å². The molecule has 1 aromatic rings. The van der Waals surface area contributed by atoms with Crippen molar-refractivity contribution in [3.05, 3.63) is 35.4 Å². The van der Waals surface area contributed by atoms with Crippen LogP contribution in [0.1, 0.15) is 44.7 Å². The van der Waals surface area contributed by atoms with Crippen LogP contribution in [0.5, 0.6) is 0 Å². The molecule has 22 heavy (non-hydrogen) atoms. The number of carbonyl (C=O) groups is 1. The van der Waals surface area contributed by atoms with Crippen molar-refractivity contribution in [3.63, 3.8) is 0 Å². The second-order valence-electron chi connectivity index (χ2n) is 5.78. The summed E-state index contributed by atoms with van der Waals surface area (Å²) in [6, 6.07) is 7.67. The summed E-state index contributed by atoms with van der Waals surface area (Å²) in [6.45, 7) is 7.27. The van der Waals surface area contributed by atoms with Crippen LogP contribution in [0.25, 0.3) is 0 Å². The van der Waals surface area contributed by atoms with Crippen LogP contribution in [-0.2, 0) is 21.2 Å². The zero-order chi connectivity index (χ0) is 16.2. The standard InChI is InChI=1S/C15H24N2O3S.ClH/c1-10(2)9-13-5-7-14(8-6-13)11(3)15(18)17-21(19,20)12(4)16;/h5-8,10-12H,9,16H2,1-4H3,(H,17,18);1H. The van der Waals surface area contributed by atoms with Gasteiger partial charge in [-0.15, -0.1) is 12.4 Å². The van der Waals surface area contributed by atoms with Gasteiger partial charge in [-0.2, -0.15) is 0 Å². The van der Waals surface area contributed by atoms with Gasteiger partial charge in [0.2, 0.25) is 15.9 Å². The van der Waals surface area contributed by atoms with E-state index >= 15 is 0 Å². The van der Waals surface area contributed by atoms with Gasteiger partial charge in [-0.3, -0.25) is 9.52 Å². The fourth-order valence-electron chi connectivity index (χ4n) is 1.89. The molecule has 0 aromatic heterocycles. The first-order valence-corrected chi connectivity index (χ1v) is 8.58. The van der Waals surface area contributed by atoms with Crippen LogP contribution in [-0.4, -0.2) is 19.7 Å². The first-order chi connectivity index (χ1) is 9.63. The molecule has 3 N–H and O–H groups in total. The topological polar surface area (TPSA) is 89.3 Å². The number of amides is 1. The Morgan fingerprint density at radius 1 is 1.14 bits per heavy atom. The fraction of sp³-hybridized carbons (Fsp3) is 0.533. The number of hydrogen-bond acceptors (Lipinski definition) is 4. The first kappa shape index (κ1) is 20.9. The number of rotatable bonds is 6. The molecule has 1 aromatic carbocycles. The Balaban J connectivity index is 0.00000441. The van der Waals surface area contributed by atoms with Crippen LogP contribution in [0.2, 0.25) is 0 Å². The average Bonchev–Trinajstić information content (AvgIpc) is 2.37. The summed E-state index contributed by atoms with van der Waals surface area (Å²) in [5.74, 6) is -0.553. The summed E-state index contributed by atoms with van der Waals surface area (Å²) in [4.78, 5) is 12.0. The average molecular weight is 349 g/mol. The van der Waals surface area contributed by atoms with E-state index in [4.69, 9.17) is 5.73 Å². The maximum Gasteiger partial charge on any atom is 0.250 e. The van der Waals surface area contributed by atoms with Crippen molar-refractivity contribution in [2.75, 3.05) is 0 Å². The van der Waals surface area contributed by atoms with Gasteiger partial charge in [0, 0.05) is 0 Å². The number of carbonyl (C=O) groups excluding carboxylic acids is 1. The second kappa shape index (κ2) is 8.50. The Morgan fingerprint density at radius 2 is 1.64 bits per heavy atom. The minimum Gasteiger partial charge on any atom is -0.314 e. The van der Waals surface area contributed by atoms with Crippen molar-refractivity contribution in [3.8, 4) is 0 Å². The van der Waals surface area contributed by atoms with Crippen LogP contribution in [0, 0.1) is 5.92 Å². The molecule has 1 rings (SSSR count). The zero-order valence-corrected chi connectivity index (χ0v) is 15.0. The molecule has 0 radical (unpaired) electrons. The third-order valence-corrected chi connectivity index (χ3v) is 4.71. The SMILES string of the molecule is CC(C)Cc1ccc(C(C)C(=O)NS(=O)(=O)C(C)N)cc1.Cl. The van der Waals surface area contributed by atoms with Gasteiger partial charge in [-0.1, -0.05) is 38.1 Å². The Kier molecular flexibility index (Phi) is 8.07. The van der Waals surface area contributed by atoms with E-state index in [9.17, 15) is 13.2 Å². The van der Waals surface area contributed by atoms with Gasteiger partial charge in [0.25, 0.3) is 0 Å². The van der Waals surface area contributed by atoms with Crippen molar-refractivity contribution in [2.45, 2.75) is 45.4 Å². The van der Waals surface area contributed by atoms with Crippen LogP contribution in [0.4, 0.5) is 0 Å². The van der Waals surface area contributed by atoms with E-state index in [0.717, 1.165) is 12.0 Å². The number of hydrogen-bond donors (Lipinski definition) is 2. The Morgan fingerprint density at radius 3 is 2.05 bits per heavy atom. The molecule has 0 aliphatic heterocycles. The van der Waals surface area contributed by atoms with Crippen molar-refractivity contribution >= 4 is 28.3 Å². The molecule has 7 heteroatoms. The number of nitrogens with two attached hydrogens (primary N) is 1. The summed E-state index contributed by atoms with van der Waals surface area (Å²) >= 11 is 0. The van der Waals surface area contributed by atoms with Gasteiger partial charge >= 0.3 is 0 Å². The molecular weight excluding hydrogens is 324 g/mol. The van der Waals surface area contributed by atoms with E-state index in [2.05, 4.69) is 13.8 Å². The third-order valence-electron chi connectivity index (χ3n) is 3.25. The molecule has 0 aliphatic rings. The summed E-state index contributed by atoms with van der Waals surface area (Å²) < 4.78 is 25.2. The van der Waals surface area contributed by atoms with Crippen molar-refractivity contribution < 1.29 is 13.2 Å². The first-order valence-electron chi connectivity index (χ1n) is 7.03. The highest BCUT2D eigenvalue weighted by molar-refractivity contribution is 7.90. The lowest BCUT2D eigenvalue weighted by molar-refractivity contribution is -0.120. The fourth-order valence-corrected chi connectivity index (χ4v) is 2.53. The lowest BCUT2D eigenvalue weighted by atomic mass is 9.96. The predicted octanol–water partition coefficient (Wildman–Crippen LogP) is 2.16. The predicted molar refractivity (Wildman–Crippen MR) is 91.4 cm³/mol. The van der Waals surface area contributed by atoms with Crippen molar-refractivity contribution in [1.82, 2.24) is 4.72 Å². The summed E-state index contributed by atoms with van der Waals surface area (Å²) in [5.41, 5.74) is 7.30. The van der Waals surface area contributed by atoms with E-state index in [1.165, 1.54) is 12.5 Å². The van der Waals surface area contributed by atoms with Crippen LogP contribution >= 0.6 is 12.4 Å². The Hall–Kier alpha value is -1.11. The molecule has 2 unspecified atom stereocenters. The normalized spacial score (nSPS) is 14.1. The monoisotopic (exact) mass is 348 g/mol. The van der Waals surface area contributed by atoms with E-state index in [0.29, 0.717) is 5.92 Å². The molecule has 0 aliphatic carbocycles. The molecule has 0 heterocycles. The number of nitrogens with one attached hydrogen (secondary N) is 1. The minimum absolute atomic E-state index is 0. The summed E-state index contributed by atoms with van der Waals surface area (Å²) in [5, 5.41) is -1.12. The molecule has 2 atom stereocenters. The van der Waals surface area contributed by atoms with Gasteiger partial charge in [0.1, 0.15) is 5.37 Å². The smallest absolute Gasteiger partial charge is 0.250 e. The molecule has 0 saturated carbocycles. The number of sulfonamides is 1. The molecule has 1 amide bonds. The summed E-state index contributed by atoms with van der Waals surface area (Å²) in [6.07, 6.45) is 0.972. The summed E-state index contributed by atoms with van der Waals surface area (Å²) in [7, 11) is -3.80. The largest absolute Gasteiger partial charge is 0.314 e. The maximum absolute atomic E-state index is 12.0. The second-order valence-corrected chi connectivity index (χ2v) is 7.82. The van der Waals surface area contributed by atoms with Gasteiger partial charge in [-0.05, 0) is 37.3 Å². The molecule has 0 bridgehead atoms. The van der Waals surface area contributed by atoms with E-state index < -0.39 is 27.2 Å². The van der Waals surface area contributed by atoms with Gasteiger partial charge in [0.05, 0.1) is 5.92 Å². The van der Waals surface area contributed by atoms with Crippen LogP contribution in [0.3, 0.4) is 0 Å². The third kappa shape index (κ3) is 5.94. The van der Waals surface area contributed by atoms with E-state index in [1.807, 2.05) is 29.0 Å². The Labute approximate surface area is 139 Å². The molecule has 126 valence electrons. The Bertz CT molecular complexity index is 583. The zero-order valence-electron chi connectivity index (χ0n) is 13.4. The lowest BCUT2D eigenvalue weighted by Crippen LogP contribution is -2.42. The van der Waals surface area contributed by atoms with Gasteiger partial charge < -0.3 is 5.73 Å². The maximum atomic E-state index is 12.0. The van der Waals surface area contributed by atoms with Gasteiger partial charge in [-0.25, -0.2) is 8.42 Å². The number of halogens is 1. The van der Waals surface area contributed by atoms with E-state index in [-0.39, 0.29) is 12.4 Å². The van der Waals surface area contributed by atoms with E-state index in [1.54, 1.807) is 6.92 Å². The lowest BCUT2D eigenvalue weighted by Gasteiger charge is -2.15. The molecule has 0 spiro atoms. The minimum atomic E-state index is -3.80. The highest BCUT2D eigenvalue weighted by Crippen LogP contribution is 2.18. The molecule has 0 saturated heterocycles. The number of benzene rings is 1. The quantitative estimate of drug-likeness (QED) is 0.824. The van der Waals surface area contributed by atoms with Crippen LogP contribution in [0.15, 0.2) is 24.3 Å². The highest BCUT2D eigenvalue weighted by Gasteiger charge is 2.23. The molecule has 5 nitrogen and oxygen atoms in total. The highest BCUT2D eigenvalue weighted by atomic mass is 35.5.